The van der Waals surface area contributed by atoms with Crippen LogP contribution in [0.1, 0.15) is 18.4 Å². The highest BCUT2D eigenvalue weighted by Crippen LogP contribution is 2.28. The van der Waals surface area contributed by atoms with Gasteiger partial charge in [-0.25, -0.2) is 0 Å². The topological polar surface area (TPSA) is 119 Å². The van der Waals surface area contributed by atoms with E-state index >= 15 is 0 Å². The molecule has 0 bridgehead atoms. The molecule has 1 unspecified atom stereocenters. The molecule has 0 aliphatic carbocycles. The summed E-state index contributed by atoms with van der Waals surface area (Å²) in [4.78, 5) is 22.4. The number of aliphatic carboxylic acids is 1. The van der Waals surface area contributed by atoms with Gasteiger partial charge in [-0.2, -0.15) is 5.10 Å². The summed E-state index contributed by atoms with van der Waals surface area (Å²) >= 11 is 1.05. The minimum atomic E-state index is -1.04. The minimum Gasteiger partial charge on any atom is -0.493 e. The zero-order valence-electron chi connectivity index (χ0n) is 15.0. The maximum atomic E-state index is 11.6. The van der Waals surface area contributed by atoms with Gasteiger partial charge >= 0.3 is 5.97 Å². The lowest BCUT2D eigenvalue weighted by molar-refractivity contribution is -0.138. The van der Waals surface area contributed by atoms with E-state index in [0.717, 1.165) is 23.7 Å². The van der Waals surface area contributed by atoms with Crippen LogP contribution in [0.2, 0.25) is 0 Å². The van der Waals surface area contributed by atoms with E-state index in [4.69, 9.17) is 19.3 Å². The summed E-state index contributed by atoms with van der Waals surface area (Å²) in [5, 5.41) is 18.7. The van der Waals surface area contributed by atoms with E-state index in [9.17, 15) is 9.59 Å². The largest absolute Gasteiger partial charge is 0.493 e. The number of benzene rings is 1. The smallest absolute Gasteiger partial charge is 0.305 e. The molecular weight excluding hydrogens is 374 g/mol. The highest BCUT2D eigenvalue weighted by atomic mass is 32.2. The third-order valence-corrected chi connectivity index (χ3v) is 4.50. The number of amidine groups is 1. The van der Waals surface area contributed by atoms with Crippen molar-refractivity contribution in [3.05, 3.63) is 23.8 Å². The van der Waals surface area contributed by atoms with Crippen LogP contribution in [-0.4, -0.2) is 61.0 Å². The zero-order valence-corrected chi connectivity index (χ0v) is 15.8. The second-order valence-corrected chi connectivity index (χ2v) is 6.64. The van der Waals surface area contributed by atoms with Crippen LogP contribution in [0.15, 0.2) is 28.4 Å². The van der Waals surface area contributed by atoms with Gasteiger partial charge in [-0.1, -0.05) is 11.8 Å². The first kappa shape index (κ1) is 20.7. The first-order valence-electron chi connectivity index (χ1n) is 8.13. The number of thioether (sulfide) groups is 1. The van der Waals surface area contributed by atoms with Crippen LogP contribution >= 0.6 is 11.8 Å². The Bertz CT molecular complexity index is 737. The fourth-order valence-corrected chi connectivity index (χ4v) is 3.08. The lowest BCUT2D eigenvalue weighted by atomic mass is 10.2. The lowest BCUT2D eigenvalue weighted by Gasteiger charge is -2.11. The third-order valence-electron chi connectivity index (χ3n) is 3.43. The second-order valence-electron chi connectivity index (χ2n) is 5.45. The molecule has 146 valence electrons. The van der Waals surface area contributed by atoms with Gasteiger partial charge in [0, 0.05) is 20.1 Å². The van der Waals surface area contributed by atoms with Crippen LogP contribution in [0.25, 0.3) is 0 Å². The molecule has 10 heteroatoms. The molecule has 1 heterocycles. The highest BCUT2D eigenvalue weighted by Gasteiger charge is 2.32. The fraction of sp³-hybridized carbons (Fsp3) is 0.412. The van der Waals surface area contributed by atoms with Crippen molar-refractivity contribution in [2.45, 2.75) is 18.1 Å². The lowest BCUT2D eigenvalue weighted by Crippen LogP contribution is -2.26. The van der Waals surface area contributed by atoms with Gasteiger partial charge in [-0.15, -0.1) is 5.10 Å². The van der Waals surface area contributed by atoms with Gasteiger partial charge < -0.3 is 24.6 Å². The molecule has 1 fully saturated rings. The van der Waals surface area contributed by atoms with E-state index in [1.54, 1.807) is 32.4 Å². The summed E-state index contributed by atoms with van der Waals surface area (Å²) in [6.07, 6.45) is 1.99. The number of nitrogens with one attached hydrogen (secondary N) is 1. The Hall–Kier alpha value is -2.59. The molecule has 2 N–H and O–H groups in total. The number of rotatable bonds is 10. The Morgan fingerprint density at radius 1 is 1.33 bits per heavy atom. The molecule has 9 nitrogen and oxygen atoms in total. The van der Waals surface area contributed by atoms with Crippen LogP contribution in [0, 0.1) is 0 Å². The van der Waals surface area contributed by atoms with Crippen molar-refractivity contribution in [2.75, 3.05) is 27.4 Å². The molecular formula is C17H21N3O6S. The Balaban J connectivity index is 1.99. The average molecular weight is 395 g/mol. The van der Waals surface area contributed by atoms with Crippen molar-refractivity contribution in [2.24, 2.45) is 10.2 Å². The highest BCUT2D eigenvalue weighted by molar-refractivity contribution is 8.15. The van der Waals surface area contributed by atoms with E-state index in [0.29, 0.717) is 24.7 Å². The van der Waals surface area contributed by atoms with Crippen molar-refractivity contribution in [3.63, 3.8) is 0 Å². The van der Waals surface area contributed by atoms with Crippen LogP contribution < -0.4 is 14.8 Å². The number of hydrogen-bond acceptors (Lipinski definition) is 8. The molecule has 0 aromatic heterocycles. The van der Waals surface area contributed by atoms with Gasteiger partial charge in [0.1, 0.15) is 5.25 Å². The molecule has 1 aromatic carbocycles. The number of hydrogen-bond donors (Lipinski definition) is 2. The summed E-state index contributed by atoms with van der Waals surface area (Å²) in [5.74, 6) is -0.238. The number of ether oxygens (including phenoxy) is 3. The number of nitrogens with zero attached hydrogens (tertiary/aromatic N) is 2. The standard InChI is InChI=1S/C17H21N3O6S/c1-24-6-3-7-26-13-8-11(4-5-12(13)25-2)10-18-20-17-19-16(23)14(27-17)9-15(21)22/h4-5,8,10,14H,3,6-7,9H2,1-2H3,(H,21,22)(H,19,20,23). The molecule has 1 aromatic rings. The van der Waals surface area contributed by atoms with Gasteiger partial charge in [-0.05, 0) is 23.8 Å². The average Bonchev–Trinajstić information content (AvgIpc) is 2.97. The van der Waals surface area contributed by atoms with Crippen LogP contribution in [-0.2, 0) is 14.3 Å². The molecule has 0 radical (unpaired) electrons. The van der Waals surface area contributed by atoms with Gasteiger partial charge in [0.25, 0.3) is 0 Å². The summed E-state index contributed by atoms with van der Waals surface area (Å²) in [7, 11) is 3.19. The Morgan fingerprint density at radius 3 is 2.85 bits per heavy atom. The summed E-state index contributed by atoms with van der Waals surface area (Å²) in [6, 6.07) is 5.32. The maximum Gasteiger partial charge on any atom is 0.305 e. The van der Waals surface area contributed by atoms with E-state index in [1.165, 1.54) is 6.21 Å². The number of carbonyl (C=O) groups is 2. The number of methoxy groups -OCH3 is 2. The summed E-state index contributed by atoms with van der Waals surface area (Å²) in [5.41, 5.74) is 0.735. The number of carbonyl (C=O) groups excluding carboxylic acids is 1. The molecule has 2 rings (SSSR count). The van der Waals surface area contributed by atoms with Crippen LogP contribution in [0.3, 0.4) is 0 Å². The monoisotopic (exact) mass is 395 g/mol. The van der Waals surface area contributed by atoms with Crippen molar-refractivity contribution < 1.29 is 28.9 Å². The van der Waals surface area contributed by atoms with Crippen molar-refractivity contribution in [3.8, 4) is 11.5 Å². The van der Waals surface area contributed by atoms with E-state index in [1.807, 2.05) is 0 Å². The van der Waals surface area contributed by atoms with Crippen molar-refractivity contribution >= 4 is 35.0 Å². The van der Waals surface area contributed by atoms with Gasteiger partial charge in [0.2, 0.25) is 5.91 Å². The van der Waals surface area contributed by atoms with Gasteiger partial charge in [-0.3, -0.25) is 9.59 Å². The van der Waals surface area contributed by atoms with Crippen molar-refractivity contribution in [1.82, 2.24) is 5.32 Å². The third kappa shape index (κ3) is 6.57. The predicted octanol–water partition coefficient (Wildman–Crippen LogP) is 1.51. The molecule has 1 amide bonds. The number of carboxylic acids is 1. The molecule has 1 aliphatic rings. The Labute approximate surface area is 160 Å². The molecule has 0 saturated carbocycles. The van der Waals surface area contributed by atoms with Crippen LogP contribution in [0.4, 0.5) is 0 Å². The number of carboxylic acid groups (broad SMARTS) is 1. The Morgan fingerprint density at radius 2 is 2.15 bits per heavy atom. The molecule has 0 spiro atoms. The second kappa shape index (κ2) is 10.5. The first-order valence-corrected chi connectivity index (χ1v) is 9.01. The Kier molecular flexibility index (Phi) is 8.08. The normalized spacial score (nSPS) is 18.1. The molecule has 1 aliphatic heterocycles. The molecule has 27 heavy (non-hydrogen) atoms. The van der Waals surface area contributed by atoms with E-state index in [-0.39, 0.29) is 17.5 Å². The van der Waals surface area contributed by atoms with Crippen LogP contribution in [0.5, 0.6) is 11.5 Å². The quantitative estimate of drug-likeness (QED) is 0.350. The molecule has 1 atom stereocenters. The van der Waals surface area contributed by atoms with Gasteiger partial charge in [0.05, 0.1) is 26.4 Å². The summed E-state index contributed by atoms with van der Waals surface area (Å²) in [6.45, 7) is 1.09. The maximum absolute atomic E-state index is 11.6. The predicted molar refractivity (Wildman–Crippen MR) is 102 cm³/mol. The summed E-state index contributed by atoms with van der Waals surface area (Å²) < 4.78 is 16.0. The zero-order chi connectivity index (χ0) is 19.6. The molecule has 1 saturated heterocycles. The van der Waals surface area contributed by atoms with E-state index < -0.39 is 11.2 Å². The number of amides is 1. The fourth-order valence-electron chi connectivity index (χ4n) is 2.16. The van der Waals surface area contributed by atoms with Gasteiger partial charge in [0.15, 0.2) is 16.7 Å². The minimum absolute atomic E-state index is 0.262. The van der Waals surface area contributed by atoms with Crippen molar-refractivity contribution in [1.29, 1.82) is 0 Å². The SMILES string of the molecule is COCCCOc1cc(C=NN=C2NC(=O)C(CC(=O)O)S2)ccc1OC. The first-order chi connectivity index (χ1) is 13.0. The van der Waals surface area contributed by atoms with E-state index in [2.05, 4.69) is 15.5 Å².